The number of fused-ring (bicyclic) bond motifs is 1. The van der Waals surface area contributed by atoms with Crippen LogP contribution >= 0.6 is 0 Å². The first-order valence-electron chi connectivity index (χ1n) is 10.5. The number of para-hydroxylation sites is 1. The van der Waals surface area contributed by atoms with Gasteiger partial charge in [-0.05, 0) is 37.3 Å². The van der Waals surface area contributed by atoms with Crippen molar-refractivity contribution in [2.75, 3.05) is 33.4 Å². The molecule has 2 heterocycles. The van der Waals surface area contributed by atoms with Crippen molar-refractivity contribution >= 4 is 16.8 Å². The average molecular weight is 386 g/mol. The summed E-state index contributed by atoms with van der Waals surface area (Å²) in [6.45, 7) is 4.47. The molecule has 0 bridgehead atoms. The van der Waals surface area contributed by atoms with Gasteiger partial charge in [-0.25, -0.2) is 0 Å². The number of hydrogen-bond acceptors (Lipinski definition) is 4. The quantitative estimate of drug-likeness (QED) is 0.674. The van der Waals surface area contributed by atoms with Crippen molar-refractivity contribution in [3.8, 4) is 0 Å². The molecule has 6 nitrogen and oxygen atoms in total. The van der Waals surface area contributed by atoms with E-state index < -0.39 is 0 Å². The van der Waals surface area contributed by atoms with Crippen LogP contribution in [0.1, 0.15) is 31.2 Å². The maximum Gasteiger partial charge on any atom is 0.253 e. The highest BCUT2D eigenvalue weighted by Crippen LogP contribution is 2.31. The highest BCUT2D eigenvalue weighted by molar-refractivity contribution is 5.86. The lowest BCUT2D eigenvalue weighted by atomic mass is 10.1. The van der Waals surface area contributed by atoms with Crippen LogP contribution in [0, 0.1) is 0 Å². The van der Waals surface area contributed by atoms with Crippen molar-refractivity contribution in [1.82, 2.24) is 14.8 Å². The van der Waals surface area contributed by atoms with Crippen LogP contribution in [0.3, 0.4) is 0 Å². The topological polar surface area (TPSA) is 55.7 Å². The molecule has 1 N–H and O–H groups in total. The second-order valence-corrected chi connectivity index (χ2v) is 7.83. The van der Waals surface area contributed by atoms with Gasteiger partial charge in [0.15, 0.2) is 0 Å². The van der Waals surface area contributed by atoms with Crippen molar-refractivity contribution in [3.63, 3.8) is 0 Å². The van der Waals surface area contributed by atoms with E-state index in [1.165, 1.54) is 16.5 Å². The normalized spacial score (nSPS) is 19.8. The number of ether oxygens (including phenoxy) is 2. The number of aryl methyl sites for hydroxylation is 1. The number of rotatable bonds is 9. The molecule has 1 aromatic heterocycles. The maximum atomic E-state index is 13.1. The maximum absolute atomic E-state index is 13.1. The molecule has 2 aromatic rings. The molecular formula is C22H31N3O3. The molecule has 1 amide bonds. The van der Waals surface area contributed by atoms with Crippen LogP contribution in [0.15, 0.2) is 30.5 Å². The smallest absolute Gasteiger partial charge is 0.253 e. The van der Waals surface area contributed by atoms with Crippen LogP contribution in [0.25, 0.3) is 10.9 Å². The van der Waals surface area contributed by atoms with Crippen molar-refractivity contribution in [2.24, 2.45) is 0 Å². The molecule has 28 heavy (non-hydrogen) atoms. The van der Waals surface area contributed by atoms with Gasteiger partial charge in [-0.15, -0.1) is 0 Å². The summed E-state index contributed by atoms with van der Waals surface area (Å²) < 4.78 is 13.2. The molecule has 1 aliphatic carbocycles. The van der Waals surface area contributed by atoms with E-state index in [4.69, 9.17) is 9.47 Å². The van der Waals surface area contributed by atoms with Crippen molar-refractivity contribution in [2.45, 2.75) is 50.9 Å². The third-order valence-electron chi connectivity index (χ3n) is 5.68. The molecule has 6 heteroatoms. The number of carbonyl (C=O) groups excluding carboxylic acids is 1. The number of morpholine rings is 1. The number of hydrogen-bond donors (Lipinski definition) is 1. The lowest BCUT2D eigenvalue weighted by Gasteiger charge is -2.30. The van der Waals surface area contributed by atoms with E-state index in [0.717, 1.165) is 45.4 Å². The highest BCUT2D eigenvalue weighted by Gasteiger charge is 2.37. The average Bonchev–Trinajstić information content (AvgIpc) is 3.53. The largest absolute Gasteiger partial charge is 0.385 e. The molecule has 0 spiro atoms. The third kappa shape index (κ3) is 4.40. The van der Waals surface area contributed by atoms with E-state index in [1.54, 1.807) is 7.11 Å². The van der Waals surface area contributed by atoms with Gasteiger partial charge in [0.05, 0.1) is 6.61 Å². The molecule has 1 saturated heterocycles. The Labute approximate surface area is 166 Å². The van der Waals surface area contributed by atoms with E-state index in [2.05, 4.69) is 45.2 Å². The number of nitrogens with zero attached hydrogens (tertiary/aromatic N) is 2. The van der Waals surface area contributed by atoms with Crippen LogP contribution in [-0.4, -0.2) is 60.9 Å². The van der Waals surface area contributed by atoms with Gasteiger partial charge in [-0.2, -0.15) is 0 Å². The first-order valence-corrected chi connectivity index (χ1v) is 10.5. The van der Waals surface area contributed by atoms with Gasteiger partial charge in [-0.1, -0.05) is 18.2 Å². The van der Waals surface area contributed by atoms with E-state index in [9.17, 15) is 4.79 Å². The standard InChI is InChI=1S/C22H31N3O3/c1-27-12-5-4-11-24-15-17(19-6-2-3-7-20(19)24)16-25(18-8-9-18)22(26)21-14-23-10-13-28-21/h2-3,6-7,15,18,21,23H,4-5,8-14,16H2,1H3. The zero-order chi connectivity index (χ0) is 19.3. The molecular weight excluding hydrogens is 354 g/mol. The predicted molar refractivity (Wildman–Crippen MR) is 109 cm³/mol. The molecule has 0 radical (unpaired) electrons. The fraction of sp³-hybridized carbons (Fsp3) is 0.591. The number of nitrogens with one attached hydrogen (secondary N) is 1. The minimum Gasteiger partial charge on any atom is -0.385 e. The monoisotopic (exact) mass is 385 g/mol. The molecule has 1 atom stereocenters. The van der Waals surface area contributed by atoms with E-state index in [-0.39, 0.29) is 12.0 Å². The van der Waals surface area contributed by atoms with Crippen LogP contribution in [-0.2, 0) is 27.4 Å². The fourth-order valence-corrected chi connectivity index (χ4v) is 4.03. The fourth-order valence-electron chi connectivity index (χ4n) is 4.03. The minimum absolute atomic E-state index is 0.131. The van der Waals surface area contributed by atoms with Crippen LogP contribution in [0.5, 0.6) is 0 Å². The highest BCUT2D eigenvalue weighted by atomic mass is 16.5. The summed E-state index contributed by atoms with van der Waals surface area (Å²) in [7, 11) is 1.75. The Bertz CT molecular complexity index is 793. The molecule has 1 unspecified atom stereocenters. The first-order chi connectivity index (χ1) is 13.8. The summed E-state index contributed by atoms with van der Waals surface area (Å²) in [5.41, 5.74) is 2.47. The van der Waals surface area contributed by atoms with E-state index >= 15 is 0 Å². The van der Waals surface area contributed by atoms with E-state index in [0.29, 0.717) is 25.7 Å². The first kappa shape index (κ1) is 19.4. The van der Waals surface area contributed by atoms with Crippen LogP contribution in [0.2, 0.25) is 0 Å². The second kappa shape index (κ2) is 9.07. The van der Waals surface area contributed by atoms with Crippen molar-refractivity contribution in [1.29, 1.82) is 0 Å². The van der Waals surface area contributed by atoms with Gasteiger partial charge in [0, 0.05) is 63.0 Å². The Balaban J connectivity index is 1.52. The summed E-state index contributed by atoms with van der Waals surface area (Å²) in [5.74, 6) is 0.131. The van der Waals surface area contributed by atoms with Gasteiger partial charge in [0.25, 0.3) is 5.91 Å². The minimum atomic E-state index is -0.350. The number of methoxy groups -OCH3 is 1. The molecule has 1 aliphatic heterocycles. The number of benzene rings is 1. The number of carbonyl (C=O) groups is 1. The Morgan fingerprint density at radius 2 is 2.18 bits per heavy atom. The van der Waals surface area contributed by atoms with E-state index in [1.807, 2.05) is 0 Å². The molecule has 152 valence electrons. The zero-order valence-electron chi connectivity index (χ0n) is 16.7. The molecule has 2 fully saturated rings. The molecule has 4 rings (SSSR count). The number of aromatic nitrogens is 1. The van der Waals surface area contributed by atoms with Crippen LogP contribution in [0.4, 0.5) is 0 Å². The summed E-state index contributed by atoms with van der Waals surface area (Å²) in [4.78, 5) is 15.2. The lowest BCUT2D eigenvalue weighted by molar-refractivity contribution is -0.146. The van der Waals surface area contributed by atoms with Gasteiger partial charge in [0.2, 0.25) is 0 Å². The Morgan fingerprint density at radius 3 is 2.93 bits per heavy atom. The Hall–Kier alpha value is -1.89. The van der Waals surface area contributed by atoms with Gasteiger partial charge in [0.1, 0.15) is 6.10 Å². The molecule has 2 aliphatic rings. The summed E-state index contributed by atoms with van der Waals surface area (Å²) >= 11 is 0. The van der Waals surface area contributed by atoms with Crippen LogP contribution < -0.4 is 5.32 Å². The molecule has 1 saturated carbocycles. The lowest BCUT2D eigenvalue weighted by Crippen LogP contribution is -2.49. The second-order valence-electron chi connectivity index (χ2n) is 7.83. The zero-order valence-corrected chi connectivity index (χ0v) is 16.7. The third-order valence-corrected chi connectivity index (χ3v) is 5.68. The summed E-state index contributed by atoms with van der Waals surface area (Å²) in [6.07, 6.45) is 6.22. The van der Waals surface area contributed by atoms with Gasteiger partial charge < -0.3 is 24.3 Å². The van der Waals surface area contributed by atoms with Crippen molar-refractivity contribution in [3.05, 3.63) is 36.0 Å². The van der Waals surface area contributed by atoms with Gasteiger partial charge >= 0.3 is 0 Å². The van der Waals surface area contributed by atoms with Gasteiger partial charge in [-0.3, -0.25) is 4.79 Å². The van der Waals surface area contributed by atoms with Crippen molar-refractivity contribution < 1.29 is 14.3 Å². The SMILES string of the molecule is COCCCCn1cc(CN(C(=O)C2CNCCO2)C2CC2)c2ccccc21. The molecule has 1 aromatic carbocycles. The number of unbranched alkanes of at least 4 members (excludes halogenated alkanes) is 1. The Morgan fingerprint density at radius 1 is 1.32 bits per heavy atom. The Kier molecular flexibility index (Phi) is 6.29. The predicted octanol–water partition coefficient (Wildman–Crippen LogP) is 2.55. The summed E-state index contributed by atoms with van der Waals surface area (Å²) in [6, 6.07) is 8.88. The number of amides is 1. The summed E-state index contributed by atoms with van der Waals surface area (Å²) in [5, 5.41) is 4.52.